The van der Waals surface area contributed by atoms with Gasteiger partial charge in [-0.25, -0.2) is 18.0 Å². The molecule has 15 heteroatoms. The van der Waals surface area contributed by atoms with E-state index in [1.54, 1.807) is 20.8 Å². The summed E-state index contributed by atoms with van der Waals surface area (Å²) in [5.74, 6) is 0. The molecule has 2 aliphatic rings. The van der Waals surface area contributed by atoms with Crippen molar-refractivity contribution in [3.8, 4) is 0 Å². The van der Waals surface area contributed by atoms with Gasteiger partial charge in [0.15, 0.2) is 0 Å². The summed E-state index contributed by atoms with van der Waals surface area (Å²) in [5, 5.41) is 9.20. The van der Waals surface area contributed by atoms with Gasteiger partial charge in [-0.3, -0.25) is 4.18 Å². The molecule has 0 spiro atoms. The van der Waals surface area contributed by atoms with E-state index < -0.39 is 42.6 Å². The molecule has 2 heterocycles. The number of hydrogen-bond donors (Lipinski definition) is 1. The third-order valence-electron chi connectivity index (χ3n) is 3.92. The number of hydrogen-bond acceptors (Lipinski definition) is 10. The standard InChI is InChI=1S/C10H19NO5S.C9H17NO3.CH3ClO2S/c1-10(2,3)15-9(12)11-6-5-8(7-11)16-17(4,13)14;1-9(2,3)13-8(12)10-5-4-7(11)6-10;1-5(2,3)4/h8H,5-7H2,1-4H3;7,11H,4-6H2,1-3H3;1H3. The first-order valence-corrected chi connectivity index (χ1v) is 15.4. The second-order valence-corrected chi connectivity index (χ2v) is 14.8. The number of nitrogens with zero attached hydrogens (tertiary/aromatic N) is 2. The number of likely N-dealkylation sites (tertiary alicyclic amines) is 2. The Kier molecular flexibility index (Phi) is 12.8. The predicted molar refractivity (Wildman–Crippen MR) is 131 cm³/mol. The molecule has 208 valence electrons. The average molecular weight is 567 g/mol. The van der Waals surface area contributed by atoms with Crippen LogP contribution in [0.4, 0.5) is 9.59 Å². The summed E-state index contributed by atoms with van der Waals surface area (Å²) in [5.41, 5.74) is -1.00. The Hall–Kier alpha value is -1.35. The van der Waals surface area contributed by atoms with Gasteiger partial charge in [0.2, 0.25) is 9.05 Å². The van der Waals surface area contributed by atoms with Crippen LogP contribution in [0.3, 0.4) is 0 Å². The normalized spacial score (nSPS) is 20.9. The topological polar surface area (TPSA) is 157 Å². The highest BCUT2D eigenvalue weighted by atomic mass is 35.7. The summed E-state index contributed by atoms with van der Waals surface area (Å²) in [6, 6.07) is 0. The fourth-order valence-electron chi connectivity index (χ4n) is 2.78. The predicted octanol–water partition coefficient (Wildman–Crippen LogP) is 2.14. The molecule has 0 bridgehead atoms. The fourth-order valence-corrected chi connectivity index (χ4v) is 3.43. The number of amides is 2. The molecule has 2 aliphatic heterocycles. The molecule has 0 aromatic heterocycles. The number of carbonyl (C=O) groups is 2. The molecular weight excluding hydrogens is 528 g/mol. The molecule has 0 aromatic rings. The minimum atomic E-state index is -3.47. The second kappa shape index (κ2) is 13.3. The van der Waals surface area contributed by atoms with Gasteiger partial charge in [0.05, 0.1) is 31.3 Å². The third-order valence-corrected chi connectivity index (χ3v) is 4.54. The van der Waals surface area contributed by atoms with Crippen LogP contribution >= 0.6 is 10.7 Å². The Balaban J connectivity index is 0.000000567. The van der Waals surface area contributed by atoms with Crippen LogP contribution in [0.15, 0.2) is 0 Å². The minimum absolute atomic E-state index is 0.252. The van der Waals surface area contributed by atoms with Crippen LogP contribution in [0.5, 0.6) is 0 Å². The maximum Gasteiger partial charge on any atom is 0.410 e. The fraction of sp³-hybridized carbons (Fsp3) is 0.900. The summed E-state index contributed by atoms with van der Waals surface area (Å²) < 4.78 is 55.8. The van der Waals surface area contributed by atoms with E-state index >= 15 is 0 Å². The molecular formula is C20H39ClN2O10S2. The Morgan fingerprint density at radius 3 is 1.51 bits per heavy atom. The molecule has 0 saturated carbocycles. The summed E-state index contributed by atoms with van der Waals surface area (Å²) in [6.07, 6.45) is 1.48. The van der Waals surface area contributed by atoms with E-state index in [-0.39, 0.29) is 18.7 Å². The van der Waals surface area contributed by atoms with Crippen molar-refractivity contribution < 1.29 is 45.2 Å². The van der Waals surface area contributed by atoms with Gasteiger partial charge in [-0.2, -0.15) is 8.42 Å². The number of ether oxygens (including phenoxy) is 2. The van der Waals surface area contributed by atoms with E-state index in [4.69, 9.17) is 13.7 Å². The lowest BCUT2D eigenvalue weighted by Gasteiger charge is -2.24. The second-order valence-electron chi connectivity index (χ2n) is 10.2. The molecule has 0 aromatic carbocycles. The number of aliphatic hydroxyl groups excluding tert-OH is 1. The van der Waals surface area contributed by atoms with Crippen molar-refractivity contribution in [3.63, 3.8) is 0 Å². The number of rotatable bonds is 2. The zero-order chi connectivity index (χ0) is 27.8. The summed E-state index contributed by atoms with van der Waals surface area (Å²) >= 11 is 0. The Morgan fingerprint density at radius 1 is 0.829 bits per heavy atom. The van der Waals surface area contributed by atoms with Crippen molar-refractivity contribution in [1.29, 1.82) is 0 Å². The SMILES string of the molecule is CC(C)(C)OC(=O)N1CCC(O)C1.CC(C)(C)OC(=O)N1CCC(OS(C)(=O)=O)C1.CS(=O)(=O)Cl. The maximum atomic E-state index is 11.7. The van der Waals surface area contributed by atoms with Crippen LogP contribution in [0.1, 0.15) is 54.4 Å². The van der Waals surface area contributed by atoms with Gasteiger partial charge in [0.25, 0.3) is 10.1 Å². The van der Waals surface area contributed by atoms with Crippen molar-refractivity contribution in [2.75, 3.05) is 38.7 Å². The first-order chi connectivity index (χ1) is 15.5. The van der Waals surface area contributed by atoms with Crippen LogP contribution in [-0.4, -0.2) is 106 Å². The molecule has 35 heavy (non-hydrogen) atoms. The van der Waals surface area contributed by atoms with E-state index in [2.05, 4.69) is 10.7 Å². The number of aliphatic hydroxyl groups is 1. The molecule has 12 nitrogen and oxygen atoms in total. The molecule has 2 saturated heterocycles. The first kappa shape index (κ1) is 33.7. The lowest BCUT2D eigenvalue weighted by molar-refractivity contribution is 0.0263. The number of carbonyl (C=O) groups excluding carboxylic acids is 2. The zero-order valence-corrected chi connectivity index (χ0v) is 24.0. The van der Waals surface area contributed by atoms with Crippen molar-refractivity contribution >= 4 is 42.0 Å². The lowest BCUT2D eigenvalue weighted by atomic mass is 10.2. The van der Waals surface area contributed by atoms with Gasteiger partial charge in [-0.05, 0) is 54.4 Å². The van der Waals surface area contributed by atoms with Gasteiger partial charge in [-0.1, -0.05) is 0 Å². The van der Waals surface area contributed by atoms with Gasteiger partial charge in [0, 0.05) is 30.3 Å². The monoisotopic (exact) mass is 566 g/mol. The van der Waals surface area contributed by atoms with E-state index in [9.17, 15) is 31.5 Å². The summed E-state index contributed by atoms with van der Waals surface area (Å²) in [4.78, 5) is 26.1. The van der Waals surface area contributed by atoms with Crippen LogP contribution in [0.25, 0.3) is 0 Å². The van der Waals surface area contributed by atoms with Crippen LogP contribution in [0.2, 0.25) is 0 Å². The highest BCUT2D eigenvalue weighted by Gasteiger charge is 2.32. The molecule has 0 radical (unpaired) electrons. The highest BCUT2D eigenvalue weighted by Crippen LogP contribution is 2.18. The molecule has 2 amide bonds. The minimum Gasteiger partial charge on any atom is -0.444 e. The van der Waals surface area contributed by atoms with Gasteiger partial charge < -0.3 is 24.4 Å². The van der Waals surface area contributed by atoms with Gasteiger partial charge in [-0.15, -0.1) is 0 Å². The van der Waals surface area contributed by atoms with Crippen molar-refractivity contribution in [2.24, 2.45) is 0 Å². The Labute approximate surface area is 213 Å². The van der Waals surface area contributed by atoms with Gasteiger partial charge in [0.1, 0.15) is 11.2 Å². The highest BCUT2D eigenvalue weighted by molar-refractivity contribution is 8.13. The zero-order valence-electron chi connectivity index (χ0n) is 21.6. The summed E-state index contributed by atoms with van der Waals surface area (Å²) in [6.45, 7) is 12.5. The molecule has 1 N–H and O–H groups in total. The van der Waals surface area contributed by atoms with Crippen molar-refractivity contribution in [3.05, 3.63) is 0 Å². The molecule has 2 fully saturated rings. The lowest BCUT2D eigenvalue weighted by Crippen LogP contribution is -2.36. The van der Waals surface area contributed by atoms with E-state index in [1.165, 1.54) is 9.80 Å². The number of β-amino-alcohol motifs (C(OH)–C–C–N with tert-alkyl or cyclic N) is 1. The largest absolute Gasteiger partial charge is 0.444 e. The van der Waals surface area contributed by atoms with Crippen LogP contribution in [-0.2, 0) is 32.8 Å². The Morgan fingerprint density at radius 2 is 1.20 bits per heavy atom. The quantitative estimate of drug-likeness (QED) is 0.388. The third kappa shape index (κ3) is 19.5. The maximum absolute atomic E-state index is 11.7. The van der Waals surface area contributed by atoms with E-state index in [0.29, 0.717) is 32.5 Å². The van der Waals surface area contributed by atoms with E-state index in [1.807, 2.05) is 20.8 Å². The first-order valence-electron chi connectivity index (χ1n) is 10.9. The molecule has 2 atom stereocenters. The molecule has 0 aliphatic carbocycles. The van der Waals surface area contributed by atoms with Crippen LogP contribution in [0, 0.1) is 0 Å². The molecule has 2 rings (SSSR count). The average Bonchev–Trinajstić information content (AvgIpc) is 3.18. The van der Waals surface area contributed by atoms with E-state index in [0.717, 1.165) is 12.5 Å². The van der Waals surface area contributed by atoms with Crippen LogP contribution < -0.4 is 0 Å². The Bertz CT molecular complexity index is 903. The van der Waals surface area contributed by atoms with Crippen molar-refractivity contribution in [2.45, 2.75) is 77.8 Å². The van der Waals surface area contributed by atoms with Gasteiger partial charge >= 0.3 is 12.2 Å². The summed E-state index contributed by atoms with van der Waals surface area (Å²) in [7, 11) is -2.16. The molecule has 2 unspecified atom stereocenters. The smallest absolute Gasteiger partial charge is 0.410 e. The van der Waals surface area contributed by atoms with Crippen molar-refractivity contribution in [1.82, 2.24) is 9.80 Å². The number of halogens is 1.